The first-order valence-corrected chi connectivity index (χ1v) is 10.7. The summed E-state index contributed by atoms with van der Waals surface area (Å²) in [4.78, 5) is 23.0. The molecule has 0 bridgehead atoms. The molecule has 0 spiro atoms. The second-order valence-corrected chi connectivity index (χ2v) is 8.52. The molecular weight excluding hydrogens is 426 g/mol. The van der Waals surface area contributed by atoms with Crippen LogP contribution >= 0.6 is 23.1 Å². The van der Waals surface area contributed by atoms with Crippen LogP contribution in [0.5, 0.6) is 5.75 Å². The van der Waals surface area contributed by atoms with E-state index in [1.54, 1.807) is 19.1 Å². The summed E-state index contributed by atoms with van der Waals surface area (Å²) >= 11 is 2.52. The van der Waals surface area contributed by atoms with Gasteiger partial charge in [0, 0.05) is 6.07 Å². The first-order chi connectivity index (χ1) is 14.5. The number of aromatic nitrogens is 2. The Balaban J connectivity index is 1.63. The quantitative estimate of drug-likeness (QED) is 0.276. The van der Waals surface area contributed by atoms with E-state index in [-0.39, 0.29) is 17.3 Å². The number of nitrogens with zero attached hydrogens (tertiary/aromatic N) is 3. The van der Waals surface area contributed by atoms with Crippen LogP contribution in [0.25, 0.3) is 0 Å². The minimum absolute atomic E-state index is 0.154. The first-order valence-electron chi connectivity index (χ1n) is 9.01. The molecule has 9 nitrogen and oxygen atoms in total. The van der Waals surface area contributed by atoms with Crippen LogP contribution in [0.3, 0.4) is 0 Å². The van der Waals surface area contributed by atoms with Gasteiger partial charge in [-0.05, 0) is 32.0 Å². The van der Waals surface area contributed by atoms with Crippen molar-refractivity contribution in [3.8, 4) is 5.75 Å². The Morgan fingerprint density at radius 1 is 1.20 bits per heavy atom. The van der Waals surface area contributed by atoms with Crippen molar-refractivity contribution >= 4 is 51.2 Å². The number of nitrogens with one attached hydrogen (secondary N) is 2. The number of carbonyl (C=O) groups excluding carboxylic acids is 1. The van der Waals surface area contributed by atoms with Crippen LogP contribution in [0, 0.1) is 10.1 Å². The molecule has 0 saturated heterocycles. The van der Waals surface area contributed by atoms with Gasteiger partial charge in [0.15, 0.2) is 4.34 Å². The minimum atomic E-state index is -0.532. The molecule has 1 atom stereocenters. The van der Waals surface area contributed by atoms with E-state index in [1.165, 1.54) is 35.2 Å². The van der Waals surface area contributed by atoms with Crippen molar-refractivity contribution in [3.05, 3.63) is 58.6 Å². The van der Waals surface area contributed by atoms with Crippen LogP contribution in [-0.2, 0) is 4.79 Å². The minimum Gasteiger partial charge on any atom is -0.492 e. The molecule has 1 amide bonds. The molecule has 2 aromatic carbocycles. The second kappa shape index (κ2) is 10.0. The molecule has 0 saturated carbocycles. The Bertz CT molecular complexity index is 1040. The largest absolute Gasteiger partial charge is 0.492 e. The van der Waals surface area contributed by atoms with E-state index in [1.807, 2.05) is 31.2 Å². The van der Waals surface area contributed by atoms with Crippen LogP contribution in [0.1, 0.15) is 13.8 Å². The third kappa shape index (κ3) is 5.45. The third-order valence-corrected chi connectivity index (χ3v) is 5.86. The van der Waals surface area contributed by atoms with E-state index in [0.717, 1.165) is 5.69 Å². The van der Waals surface area contributed by atoms with Gasteiger partial charge in [-0.3, -0.25) is 14.9 Å². The van der Waals surface area contributed by atoms with Gasteiger partial charge in [0.1, 0.15) is 11.4 Å². The van der Waals surface area contributed by atoms with Gasteiger partial charge in [0.05, 0.1) is 22.5 Å². The Morgan fingerprint density at radius 2 is 1.90 bits per heavy atom. The average Bonchev–Trinajstić information content (AvgIpc) is 3.16. The predicted octanol–water partition coefficient (Wildman–Crippen LogP) is 4.71. The maximum Gasteiger partial charge on any atom is 0.292 e. The summed E-state index contributed by atoms with van der Waals surface area (Å²) < 4.78 is 6.18. The summed E-state index contributed by atoms with van der Waals surface area (Å²) in [5.41, 5.74) is 0.778. The molecule has 3 aromatic rings. The number of hydrogen-bond acceptors (Lipinski definition) is 9. The number of carbonyl (C=O) groups is 1. The second-order valence-electron chi connectivity index (χ2n) is 5.95. The van der Waals surface area contributed by atoms with E-state index in [2.05, 4.69) is 20.8 Å². The molecule has 1 heterocycles. The number of ether oxygens (including phenoxy) is 1. The zero-order chi connectivity index (χ0) is 21.5. The van der Waals surface area contributed by atoms with E-state index in [9.17, 15) is 14.9 Å². The number of hydrogen-bond donors (Lipinski definition) is 2. The van der Waals surface area contributed by atoms with Crippen LogP contribution in [-0.4, -0.2) is 32.9 Å². The average molecular weight is 446 g/mol. The fourth-order valence-corrected chi connectivity index (χ4v) is 4.36. The van der Waals surface area contributed by atoms with Crippen molar-refractivity contribution in [1.29, 1.82) is 0 Å². The zero-order valence-electron chi connectivity index (χ0n) is 16.2. The highest BCUT2D eigenvalue weighted by Crippen LogP contribution is 2.33. The van der Waals surface area contributed by atoms with Gasteiger partial charge in [0.2, 0.25) is 11.0 Å². The summed E-state index contributed by atoms with van der Waals surface area (Å²) in [6, 6.07) is 13.5. The number of thioether (sulfide) groups is 1. The number of anilines is 3. The van der Waals surface area contributed by atoms with Gasteiger partial charge < -0.3 is 15.4 Å². The molecule has 0 aliphatic heterocycles. The van der Waals surface area contributed by atoms with Crippen molar-refractivity contribution in [2.24, 2.45) is 0 Å². The lowest BCUT2D eigenvalue weighted by atomic mass is 10.2. The summed E-state index contributed by atoms with van der Waals surface area (Å²) in [7, 11) is 0. The monoisotopic (exact) mass is 445 g/mol. The van der Waals surface area contributed by atoms with Crippen molar-refractivity contribution < 1.29 is 14.5 Å². The van der Waals surface area contributed by atoms with Gasteiger partial charge in [-0.2, -0.15) is 0 Å². The summed E-state index contributed by atoms with van der Waals surface area (Å²) in [6.45, 7) is 4.16. The normalized spacial score (nSPS) is 11.5. The summed E-state index contributed by atoms with van der Waals surface area (Å²) in [5, 5.41) is 25.1. The maximum absolute atomic E-state index is 12.5. The van der Waals surface area contributed by atoms with Crippen molar-refractivity contribution in [3.63, 3.8) is 0 Å². The third-order valence-electron chi connectivity index (χ3n) is 3.84. The number of amides is 1. The predicted molar refractivity (Wildman–Crippen MR) is 118 cm³/mol. The highest BCUT2D eigenvalue weighted by Gasteiger charge is 2.21. The molecule has 0 aliphatic carbocycles. The molecule has 0 fully saturated rings. The van der Waals surface area contributed by atoms with E-state index < -0.39 is 10.2 Å². The fraction of sp³-hybridized carbons (Fsp3) is 0.211. The molecule has 0 radical (unpaired) electrons. The molecule has 2 N–H and O–H groups in total. The number of nitro groups is 1. The van der Waals surface area contributed by atoms with E-state index in [0.29, 0.717) is 21.8 Å². The Morgan fingerprint density at radius 3 is 2.63 bits per heavy atom. The lowest BCUT2D eigenvalue weighted by molar-refractivity contribution is -0.383. The smallest absolute Gasteiger partial charge is 0.292 e. The van der Waals surface area contributed by atoms with Crippen molar-refractivity contribution in [2.75, 3.05) is 17.2 Å². The van der Waals surface area contributed by atoms with Gasteiger partial charge >= 0.3 is 0 Å². The SMILES string of the molecule is CCOc1ccccc1Nc1nnc(S[C@@H](C)C(=O)Nc2ccccc2[N+](=O)[O-])s1. The highest BCUT2D eigenvalue weighted by atomic mass is 32.2. The van der Waals surface area contributed by atoms with Gasteiger partial charge in [-0.1, -0.05) is 47.4 Å². The molecule has 1 aromatic heterocycles. The number of rotatable bonds is 9. The molecule has 0 unspecified atom stereocenters. The first kappa shape index (κ1) is 21.5. The molecule has 0 aliphatic rings. The van der Waals surface area contributed by atoms with Crippen LogP contribution < -0.4 is 15.4 Å². The molecule has 30 heavy (non-hydrogen) atoms. The lowest BCUT2D eigenvalue weighted by Gasteiger charge is -2.10. The topological polar surface area (TPSA) is 119 Å². The van der Waals surface area contributed by atoms with Crippen molar-refractivity contribution in [2.45, 2.75) is 23.4 Å². The van der Waals surface area contributed by atoms with Crippen LogP contribution in [0.2, 0.25) is 0 Å². The molecule has 156 valence electrons. The summed E-state index contributed by atoms with van der Waals surface area (Å²) in [6.07, 6.45) is 0. The van der Waals surface area contributed by atoms with Gasteiger partial charge in [0.25, 0.3) is 5.69 Å². The Labute approximate surface area is 181 Å². The Hall–Kier alpha value is -3.18. The summed E-state index contributed by atoms with van der Waals surface area (Å²) in [5.74, 6) is 0.349. The standard InChI is InChI=1S/C19H19N5O4S2/c1-3-28-16-11-7-5-9-14(16)21-18-22-23-19(30-18)29-12(2)17(25)20-13-8-4-6-10-15(13)24(26)27/h4-12H,3H2,1-2H3,(H,20,25)(H,21,22)/t12-/m0/s1. The van der Waals surface area contributed by atoms with Crippen molar-refractivity contribution in [1.82, 2.24) is 10.2 Å². The maximum atomic E-state index is 12.5. The Kier molecular flexibility index (Phi) is 7.20. The number of nitro benzene ring substituents is 1. The molecule has 11 heteroatoms. The zero-order valence-corrected chi connectivity index (χ0v) is 17.8. The fourth-order valence-electron chi connectivity index (χ4n) is 2.45. The van der Waals surface area contributed by atoms with Crippen LogP contribution in [0.15, 0.2) is 52.9 Å². The molecule has 3 rings (SSSR count). The van der Waals surface area contributed by atoms with Gasteiger partial charge in [-0.25, -0.2) is 0 Å². The van der Waals surface area contributed by atoms with E-state index >= 15 is 0 Å². The van der Waals surface area contributed by atoms with E-state index in [4.69, 9.17) is 4.74 Å². The number of para-hydroxylation sites is 4. The van der Waals surface area contributed by atoms with Crippen LogP contribution in [0.4, 0.5) is 22.2 Å². The number of benzene rings is 2. The highest BCUT2D eigenvalue weighted by molar-refractivity contribution is 8.02. The lowest BCUT2D eigenvalue weighted by Crippen LogP contribution is -2.22. The van der Waals surface area contributed by atoms with Gasteiger partial charge in [-0.15, -0.1) is 10.2 Å². The molecular formula is C19H19N5O4S2.